The number of hydrogen-bond donors (Lipinski definition) is 1. The summed E-state index contributed by atoms with van der Waals surface area (Å²) in [6, 6.07) is 11.4. The molecule has 1 heterocycles. The summed E-state index contributed by atoms with van der Waals surface area (Å²) in [5.74, 6) is 0. The van der Waals surface area contributed by atoms with E-state index in [1.807, 2.05) is 24.3 Å². The van der Waals surface area contributed by atoms with Gasteiger partial charge in [0.05, 0.1) is 11.6 Å². The van der Waals surface area contributed by atoms with Crippen molar-refractivity contribution in [3.05, 3.63) is 69.7 Å². The maximum atomic E-state index is 13.3. The lowest BCUT2D eigenvalue weighted by molar-refractivity contribution is -0.137. The summed E-state index contributed by atoms with van der Waals surface area (Å²) in [4.78, 5) is 2.22. The first-order chi connectivity index (χ1) is 12.9. The Kier molecular flexibility index (Phi) is 6.45. The second kappa shape index (κ2) is 8.63. The van der Waals surface area contributed by atoms with Gasteiger partial charge in [-0.2, -0.15) is 13.2 Å². The molecule has 0 aliphatic carbocycles. The molecule has 1 atom stereocenters. The van der Waals surface area contributed by atoms with Crippen molar-refractivity contribution in [2.75, 3.05) is 26.2 Å². The van der Waals surface area contributed by atoms with E-state index in [2.05, 4.69) is 17.1 Å². The van der Waals surface area contributed by atoms with Gasteiger partial charge in [0.15, 0.2) is 0 Å². The SMILES string of the molecule is CCc1ccc(C(c2cc(C(F)(F)F)ccc2Cl)N2CCCNCC2)cc1. The maximum Gasteiger partial charge on any atom is 0.416 e. The second-order valence-electron chi connectivity index (χ2n) is 6.87. The fraction of sp³-hybridized carbons (Fsp3) is 0.429. The molecule has 2 nitrogen and oxygen atoms in total. The van der Waals surface area contributed by atoms with Gasteiger partial charge < -0.3 is 5.32 Å². The summed E-state index contributed by atoms with van der Waals surface area (Å²) in [6.07, 6.45) is -2.53. The lowest BCUT2D eigenvalue weighted by atomic mass is 9.94. The highest BCUT2D eigenvalue weighted by molar-refractivity contribution is 6.31. The largest absolute Gasteiger partial charge is 0.416 e. The number of rotatable bonds is 4. The minimum atomic E-state index is -4.39. The van der Waals surface area contributed by atoms with Crippen molar-refractivity contribution >= 4 is 11.6 Å². The van der Waals surface area contributed by atoms with Crippen LogP contribution >= 0.6 is 11.6 Å². The molecule has 27 heavy (non-hydrogen) atoms. The highest BCUT2D eigenvalue weighted by atomic mass is 35.5. The maximum absolute atomic E-state index is 13.3. The van der Waals surface area contributed by atoms with Gasteiger partial charge >= 0.3 is 6.18 Å². The zero-order valence-electron chi connectivity index (χ0n) is 15.3. The molecular formula is C21H24ClF3N2. The molecule has 6 heteroatoms. The zero-order valence-corrected chi connectivity index (χ0v) is 16.1. The van der Waals surface area contributed by atoms with Gasteiger partial charge in [0.1, 0.15) is 0 Å². The summed E-state index contributed by atoms with van der Waals surface area (Å²) in [5.41, 5.74) is 2.02. The van der Waals surface area contributed by atoms with Crippen LogP contribution in [0.2, 0.25) is 5.02 Å². The fourth-order valence-corrected chi connectivity index (χ4v) is 3.80. The average molecular weight is 397 g/mol. The zero-order chi connectivity index (χ0) is 19.4. The summed E-state index contributed by atoms with van der Waals surface area (Å²) < 4.78 is 39.9. The molecule has 1 unspecified atom stereocenters. The monoisotopic (exact) mass is 396 g/mol. The molecule has 1 aliphatic rings. The van der Waals surface area contributed by atoms with Crippen LogP contribution in [0.4, 0.5) is 13.2 Å². The quantitative estimate of drug-likeness (QED) is 0.753. The topological polar surface area (TPSA) is 15.3 Å². The molecule has 0 spiro atoms. The van der Waals surface area contributed by atoms with Crippen molar-refractivity contribution in [2.24, 2.45) is 0 Å². The Hall–Kier alpha value is -1.56. The van der Waals surface area contributed by atoms with E-state index >= 15 is 0 Å². The molecule has 146 valence electrons. The van der Waals surface area contributed by atoms with Gasteiger partial charge in [-0.05, 0) is 54.3 Å². The van der Waals surface area contributed by atoms with E-state index in [1.165, 1.54) is 17.7 Å². The number of nitrogens with zero attached hydrogens (tertiary/aromatic N) is 1. The van der Waals surface area contributed by atoms with Crippen molar-refractivity contribution in [3.63, 3.8) is 0 Å². The van der Waals surface area contributed by atoms with Crippen LogP contribution in [0.15, 0.2) is 42.5 Å². The standard InChI is InChI=1S/C21H24ClF3N2/c1-2-15-4-6-16(7-5-15)20(27-12-3-10-26-11-13-27)18-14-17(21(23,24)25)8-9-19(18)22/h4-9,14,20,26H,2-3,10-13H2,1H3. The minimum Gasteiger partial charge on any atom is -0.315 e. The Labute approximate surface area is 163 Å². The molecule has 0 bridgehead atoms. The summed E-state index contributed by atoms with van der Waals surface area (Å²) in [7, 11) is 0. The van der Waals surface area contributed by atoms with Crippen molar-refractivity contribution in [3.8, 4) is 0 Å². The van der Waals surface area contributed by atoms with Crippen molar-refractivity contribution in [1.82, 2.24) is 10.2 Å². The summed E-state index contributed by atoms with van der Waals surface area (Å²) in [6.45, 7) is 5.36. The van der Waals surface area contributed by atoms with Gasteiger partial charge in [-0.1, -0.05) is 42.8 Å². The van der Waals surface area contributed by atoms with Gasteiger partial charge in [0.25, 0.3) is 0 Å². The number of aryl methyl sites for hydroxylation is 1. The molecule has 2 aromatic carbocycles. The van der Waals surface area contributed by atoms with Crippen LogP contribution in [-0.2, 0) is 12.6 Å². The number of benzene rings is 2. The number of alkyl halides is 3. The smallest absolute Gasteiger partial charge is 0.315 e. The number of halogens is 4. The molecule has 1 N–H and O–H groups in total. The van der Waals surface area contributed by atoms with Crippen LogP contribution in [0.1, 0.15) is 41.6 Å². The first-order valence-electron chi connectivity index (χ1n) is 9.30. The predicted octanol–water partition coefficient (Wildman–Crippen LogP) is 5.31. The molecule has 0 radical (unpaired) electrons. The third-order valence-electron chi connectivity index (χ3n) is 5.06. The van der Waals surface area contributed by atoms with Crippen LogP contribution in [0.25, 0.3) is 0 Å². The van der Waals surface area contributed by atoms with E-state index < -0.39 is 11.7 Å². The highest BCUT2D eigenvalue weighted by Crippen LogP contribution is 2.38. The normalized spacial score (nSPS) is 17.5. The molecule has 1 fully saturated rings. The first-order valence-corrected chi connectivity index (χ1v) is 9.68. The van der Waals surface area contributed by atoms with Gasteiger partial charge in [-0.3, -0.25) is 4.90 Å². The average Bonchev–Trinajstić information content (AvgIpc) is 2.92. The molecule has 1 saturated heterocycles. The number of hydrogen-bond acceptors (Lipinski definition) is 2. The Bertz CT molecular complexity index is 751. The first kappa shape index (κ1) is 20.2. The van der Waals surface area contributed by atoms with E-state index in [-0.39, 0.29) is 6.04 Å². The van der Waals surface area contributed by atoms with Gasteiger partial charge in [0, 0.05) is 24.7 Å². The van der Waals surface area contributed by atoms with E-state index in [0.29, 0.717) is 10.6 Å². The lowest BCUT2D eigenvalue weighted by Crippen LogP contribution is -2.33. The fourth-order valence-electron chi connectivity index (χ4n) is 3.58. The van der Waals surface area contributed by atoms with Crippen LogP contribution < -0.4 is 5.32 Å². The van der Waals surface area contributed by atoms with Crippen molar-refractivity contribution in [2.45, 2.75) is 32.0 Å². The number of nitrogens with one attached hydrogen (secondary N) is 1. The van der Waals surface area contributed by atoms with Crippen molar-refractivity contribution < 1.29 is 13.2 Å². The van der Waals surface area contributed by atoms with Crippen LogP contribution in [0.3, 0.4) is 0 Å². The summed E-state index contributed by atoms with van der Waals surface area (Å²) in [5, 5.41) is 3.71. The molecular weight excluding hydrogens is 373 g/mol. The molecule has 0 amide bonds. The van der Waals surface area contributed by atoms with E-state index in [9.17, 15) is 13.2 Å². The second-order valence-corrected chi connectivity index (χ2v) is 7.28. The third kappa shape index (κ3) is 4.84. The molecule has 3 rings (SSSR count). The Morgan fingerprint density at radius 1 is 1.07 bits per heavy atom. The van der Waals surface area contributed by atoms with E-state index in [0.717, 1.165) is 50.7 Å². The molecule has 0 saturated carbocycles. The predicted molar refractivity (Wildman–Crippen MR) is 103 cm³/mol. The van der Waals surface area contributed by atoms with Gasteiger partial charge in [-0.15, -0.1) is 0 Å². The Morgan fingerprint density at radius 2 is 1.81 bits per heavy atom. The van der Waals surface area contributed by atoms with E-state index in [1.54, 1.807) is 0 Å². The van der Waals surface area contributed by atoms with Crippen LogP contribution in [0, 0.1) is 0 Å². The van der Waals surface area contributed by atoms with Crippen LogP contribution in [-0.4, -0.2) is 31.1 Å². The lowest BCUT2D eigenvalue weighted by Gasteiger charge is -2.32. The van der Waals surface area contributed by atoms with Crippen molar-refractivity contribution in [1.29, 1.82) is 0 Å². The molecule has 2 aromatic rings. The van der Waals surface area contributed by atoms with E-state index in [4.69, 9.17) is 11.6 Å². The molecule has 1 aliphatic heterocycles. The minimum absolute atomic E-state index is 0.300. The van der Waals surface area contributed by atoms with Crippen LogP contribution in [0.5, 0.6) is 0 Å². The Morgan fingerprint density at radius 3 is 2.48 bits per heavy atom. The molecule has 0 aromatic heterocycles. The third-order valence-corrected chi connectivity index (χ3v) is 5.41. The van der Waals surface area contributed by atoms with Gasteiger partial charge in [0.2, 0.25) is 0 Å². The highest BCUT2D eigenvalue weighted by Gasteiger charge is 2.33. The van der Waals surface area contributed by atoms with Gasteiger partial charge in [-0.25, -0.2) is 0 Å². The Balaban J connectivity index is 2.08. The summed E-state index contributed by atoms with van der Waals surface area (Å²) >= 11 is 6.40.